The molecular weight excluding hydrogens is 250 g/mol. The van der Waals surface area contributed by atoms with Crippen LogP contribution in [0.2, 0.25) is 0 Å². The van der Waals surface area contributed by atoms with Gasteiger partial charge >= 0.3 is 0 Å². The van der Waals surface area contributed by atoms with Gasteiger partial charge < -0.3 is 10.5 Å². The van der Waals surface area contributed by atoms with E-state index in [0.29, 0.717) is 19.7 Å². The first kappa shape index (κ1) is 15.1. The smallest absolute Gasteiger partial charge is 0.234 e. The maximum Gasteiger partial charge on any atom is 0.234 e. The molecule has 1 amide bonds. The first-order chi connectivity index (χ1) is 8.45. The Balaban J connectivity index is 2.77. The summed E-state index contributed by atoms with van der Waals surface area (Å²) < 4.78 is 5.07. The zero-order valence-electron chi connectivity index (χ0n) is 11.4. The third kappa shape index (κ3) is 4.04. The van der Waals surface area contributed by atoms with Gasteiger partial charge in [-0.1, -0.05) is 0 Å². The van der Waals surface area contributed by atoms with Gasteiger partial charge in [-0.25, -0.2) is 4.98 Å². The SMILES string of the molecule is COCCN(Cc1sc(C)nc1C)[C@H](C)C(N)=O. The zero-order valence-corrected chi connectivity index (χ0v) is 12.2. The first-order valence-corrected chi connectivity index (χ1v) is 6.72. The summed E-state index contributed by atoms with van der Waals surface area (Å²) in [5.41, 5.74) is 6.40. The van der Waals surface area contributed by atoms with E-state index < -0.39 is 0 Å². The summed E-state index contributed by atoms with van der Waals surface area (Å²) in [4.78, 5) is 18.9. The first-order valence-electron chi connectivity index (χ1n) is 5.91. The fourth-order valence-electron chi connectivity index (χ4n) is 1.70. The molecule has 18 heavy (non-hydrogen) atoms. The van der Waals surface area contributed by atoms with Gasteiger partial charge in [-0.2, -0.15) is 0 Å². The Hall–Kier alpha value is -0.980. The third-order valence-corrected chi connectivity index (χ3v) is 3.95. The maximum atomic E-state index is 11.3. The summed E-state index contributed by atoms with van der Waals surface area (Å²) in [5, 5.41) is 1.04. The number of thiazole rings is 1. The fourth-order valence-corrected chi connectivity index (χ4v) is 2.67. The predicted molar refractivity (Wildman–Crippen MR) is 72.5 cm³/mol. The highest BCUT2D eigenvalue weighted by Gasteiger charge is 2.20. The van der Waals surface area contributed by atoms with E-state index in [2.05, 4.69) is 4.98 Å². The quantitative estimate of drug-likeness (QED) is 0.806. The Morgan fingerprint density at radius 1 is 1.56 bits per heavy atom. The zero-order chi connectivity index (χ0) is 13.7. The lowest BCUT2D eigenvalue weighted by Crippen LogP contribution is -2.43. The number of aryl methyl sites for hydroxylation is 2. The van der Waals surface area contributed by atoms with Crippen molar-refractivity contribution in [2.75, 3.05) is 20.3 Å². The van der Waals surface area contributed by atoms with Crippen LogP contribution in [0.3, 0.4) is 0 Å². The van der Waals surface area contributed by atoms with Crippen LogP contribution in [0, 0.1) is 13.8 Å². The van der Waals surface area contributed by atoms with Crippen molar-refractivity contribution in [1.82, 2.24) is 9.88 Å². The second-order valence-corrected chi connectivity index (χ2v) is 5.57. The van der Waals surface area contributed by atoms with Gasteiger partial charge in [0.1, 0.15) is 0 Å². The summed E-state index contributed by atoms with van der Waals surface area (Å²) in [6, 6.07) is -0.304. The summed E-state index contributed by atoms with van der Waals surface area (Å²) in [6.07, 6.45) is 0. The van der Waals surface area contributed by atoms with Gasteiger partial charge in [0.2, 0.25) is 5.91 Å². The van der Waals surface area contributed by atoms with Crippen molar-refractivity contribution in [3.8, 4) is 0 Å². The molecule has 1 aromatic rings. The van der Waals surface area contributed by atoms with Crippen molar-refractivity contribution < 1.29 is 9.53 Å². The number of amides is 1. The standard InChI is InChI=1S/C12H21N3O2S/c1-8-11(18-10(3)14-8)7-15(5-6-17-4)9(2)12(13)16/h9H,5-7H2,1-4H3,(H2,13,16)/t9-/m1/s1. The molecular formula is C12H21N3O2S. The number of carbonyl (C=O) groups excluding carboxylic acids is 1. The van der Waals surface area contributed by atoms with Crippen LogP contribution in [-0.4, -0.2) is 42.1 Å². The molecule has 1 atom stereocenters. The monoisotopic (exact) mass is 271 g/mol. The Labute approximate surface area is 112 Å². The largest absolute Gasteiger partial charge is 0.383 e. The number of aromatic nitrogens is 1. The minimum atomic E-state index is -0.315. The predicted octanol–water partition coefficient (Wildman–Crippen LogP) is 1.08. The molecule has 0 aliphatic carbocycles. The Morgan fingerprint density at radius 2 is 2.22 bits per heavy atom. The molecule has 0 unspecified atom stereocenters. The van der Waals surface area contributed by atoms with Crippen LogP contribution in [0.15, 0.2) is 0 Å². The molecule has 0 fully saturated rings. The molecule has 0 aliphatic rings. The number of primary amides is 1. The molecule has 0 saturated carbocycles. The molecule has 1 rings (SSSR count). The highest BCUT2D eigenvalue weighted by Crippen LogP contribution is 2.20. The lowest BCUT2D eigenvalue weighted by molar-refractivity contribution is -0.123. The highest BCUT2D eigenvalue weighted by atomic mass is 32.1. The van der Waals surface area contributed by atoms with Gasteiger partial charge in [0, 0.05) is 25.1 Å². The lowest BCUT2D eigenvalue weighted by atomic mass is 10.2. The number of nitrogens with two attached hydrogens (primary N) is 1. The lowest BCUT2D eigenvalue weighted by Gasteiger charge is -2.26. The van der Waals surface area contributed by atoms with Gasteiger partial charge in [0.15, 0.2) is 0 Å². The van der Waals surface area contributed by atoms with E-state index >= 15 is 0 Å². The second-order valence-electron chi connectivity index (χ2n) is 4.28. The molecule has 1 heterocycles. The van der Waals surface area contributed by atoms with E-state index in [9.17, 15) is 4.79 Å². The van der Waals surface area contributed by atoms with Gasteiger partial charge in [-0.15, -0.1) is 11.3 Å². The Bertz CT molecular complexity index is 406. The van der Waals surface area contributed by atoms with Crippen LogP contribution in [-0.2, 0) is 16.1 Å². The number of hydrogen-bond donors (Lipinski definition) is 1. The molecule has 0 spiro atoms. The Kier molecular flexibility index (Phi) is 5.71. The van der Waals surface area contributed by atoms with E-state index in [4.69, 9.17) is 10.5 Å². The topological polar surface area (TPSA) is 68.4 Å². The van der Waals surface area contributed by atoms with Crippen molar-refractivity contribution in [2.24, 2.45) is 5.73 Å². The van der Waals surface area contributed by atoms with Crippen molar-refractivity contribution in [3.63, 3.8) is 0 Å². The number of hydrogen-bond acceptors (Lipinski definition) is 5. The highest BCUT2D eigenvalue weighted by molar-refractivity contribution is 7.11. The maximum absolute atomic E-state index is 11.3. The molecule has 0 bridgehead atoms. The summed E-state index contributed by atoms with van der Waals surface area (Å²) in [6.45, 7) is 7.73. The summed E-state index contributed by atoms with van der Waals surface area (Å²) in [5.74, 6) is -0.315. The van der Waals surface area contributed by atoms with Crippen LogP contribution in [0.5, 0.6) is 0 Å². The van der Waals surface area contributed by atoms with Crippen LogP contribution in [0.25, 0.3) is 0 Å². The van der Waals surface area contributed by atoms with Crippen LogP contribution >= 0.6 is 11.3 Å². The molecule has 0 radical (unpaired) electrons. The van der Waals surface area contributed by atoms with Crippen molar-refractivity contribution >= 4 is 17.2 Å². The van der Waals surface area contributed by atoms with Crippen LogP contribution < -0.4 is 5.73 Å². The average Bonchev–Trinajstić information content (AvgIpc) is 2.62. The molecule has 0 aliphatic heterocycles. The molecule has 1 aromatic heterocycles. The van der Waals surface area contributed by atoms with Gasteiger partial charge in [-0.05, 0) is 20.8 Å². The third-order valence-electron chi connectivity index (χ3n) is 2.89. The van der Waals surface area contributed by atoms with Gasteiger partial charge in [-0.3, -0.25) is 9.69 Å². The minimum absolute atomic E-state index is 0.304. The molecule has 6 heteroatoms. The van der Waals surface area contributed by atoms with E-state index in [1.807, 2.05) is 25.7 Å². The number of rotatable bonds is 7. The van der Waals surface area contributed by atoms with Gasteiger partial charge in [0.05, 0.1) is 23.4 Å². The van der Waals surface area contributed by atoms with Crippen molar-refractivity contribution in [1.29, 1.82) is 0 Å². The fraction of sp³-hybridized carbons (Fsp3) is 0.667. The normalized spacial score (nSPS) is 12.9. The number of nitrogens with zero attached hydrogens (tertiary/aromatic N) is 2. The van der Waals surface area contributed by atoms with E-state index in [1.54, 1.807) is 18.4 Å². The summed E-state index contributed by atoms with van der Waals surface area (Å²) >= 11 is 1.66. The number of carbonyl (C=O) groups is 1. The average molecular weight is 271 g/mol. The second kappa shape index (κ2) is 6.82. The molecule has 0 aromatic carbocycles. The van der Waals surface area contributed by atoms with Crippen molar-refractivity contribution in [3.05, 3.63) is 15.6 Å². The molecule has 0 saturated heterocycles. The van der Waals surface area contributed by atoms with E-state index in [0.717, 1.165) is 10.7 Å². The van der Waals surface area contributed by atoms with Crippen LogP contribution in [0.1, 0.15) is 22.5 Å². The van der Waals surface area contributed by atoms with E-state index in [-0.39, 0.29) is 11.9 Å². The molecule has 102 valence electrons. The molecule has 2 N–H and O–H groups in total. The van der Waals surface area contributed by atoms with Crippen LogP contribution in [0.4, 0.5) is 0 Å². The molecule has 5 nitrogen and oxygen atoms in total. The van der Waals surface area contributed by atoms with Gasteiger partial charge in [0.25, 0.3) is 0 Å². The number of ether oxygens (including phenoxy) is 1. The Morgan fingerprint density at radius 3 is 2.67 bits per heavy atom. The van der Waals surface area contributed by atoms with E-state index in [1.165, 1.54) is 4.88 Å². The number of methoxy groups -OCH3 is 1. The van der Waals surface area contributed by atoms with Crippen molar-refractivity contribution in [2.45, 2.75) is 33.4 Å². The summed E-state index contributed by atoms with van der Waals surface area (Å²) in [7, 11) is 1.65. The minimum Gasteiger partial charge on any atom is -0.383 e.